The van der Waals surface area contributed by atoms with E-state index < -0.39 is 17.8 Å². The molecule has 0 unspecified atom stereocenters. The van der Waals surface area contributed by atoms with Gasteiger partial charge in [-0.15, -0.1) is 5.10 Å². The van der Waals surface area contributed by atoms with Gasteiger partial charge in [-0.3, -0.25) is 4.79 Å². The van der Waals surface area contributed by atoms with Crippen molar-refractivity contribution in [3.8, 4) is 11.5 Å². The number of hydrogen-bond donors (Lipinski definition) is 1. The Labute approximate surface area is 189 Å². The third kappa shape index (κ3) is 4.66. The smallest absolute Gasteiger partial charge is 0.410 e. The van der Waals surface area contributed by atoms with E-state index in [1.165, 1.54) is 17.0 Å². The number of pyridine rings is 1. The van der Waals surface area contributed by atoms with Crippen molar-refractivity contribution in [1.82, 2.24) is 30.1 Å². The van der Waals surface area contributed by atoms with Gasteiger partial charge in [-0.2, -0.15) is 0 Å². The highest BCUT2D eigenvalue weighted by atomic mass is 19.1. The summed E-state index contributed by atoms with van der Waals surface area (Å²) in [4.78, 5) is 30.9. The lowest BCUT2D eigenvalue weighted by atomic mass is 9.97. The molecule has 1 aliphatic rings. The van der Waals surface area contributed by atoms with Crippen molar-refractivity contribution in [2.75, 3.05) is 18.5 Å². The Balaban J connectivity index is 1.55. The predicted octanol–water partition coefficient (Wildman–Crippen LogP) is 3.22. The minimum absolute atomic E-state index is 0.0220. The van der Waals surface area contributed by atoms with Gasteiger partial charge in [0.15, 0.2) is 0 Å². The fraction of sp³-hybridized carbons (Fsp3) is 0.364. The van der Waals surface area contributed by atoms with Crippen LogP contribution in [0.5, 0.6) is 0 Å². The largest absolute Gasteiger partial charge is 0.450 e. The Morgan fingerprint density at radius 3 is 2.82 bits per heavy atom. The number of amides is 2. The molecule has 1 aromatic carbocycles. The molecule has 0 fully saturated rings. The van der Waals surface area contributed by atoms with E-state index in [9.17, 15) is 14.0 Å². The highest BCUT2D eigenvalue weighted by Crippen LogP contribution is 2.24. The molecular formula is C22H24FN7O3. The van der Waals surface area contributed by atoms with Crippen LogP contribution in [0.15, 0.2) is 30.3 Å². The van der Waals surface area contributed by atoms with Crippen molar-refractivity contribution in [3.63, 3.8) is 0 Å². The first-order valence-corrected chi connectivity index (χ1v) is 10.7. The Morgan fingerprint density at radius 2 is 2.06 bits per heavy atom. The number of anilines is 1. The standard InChI is InChI=1S/C22H24FN7O3/c1-4-33-22(32)29-9-8-14-11-17(23)16(10-15(14)12-29)21(31)25-19-7-5-6-18(24-19)20-26-27-28-30(20)13(2)3/h5-7,10-11,13H,4,8-9,12H2,1-3H3,(H,24,25,31). The van der Waals surface area contributed by atoms with Crippen LogP contribution >= 0.6 is 0 Å². The molecule has 0 bridgehead atoms. The summed E-state index contributed by atoms with van der Waals surface area (Å²) in [6, 6.07) is 7.89. The van der Waals surface area contributed by atoms with Crippen LogP contribution in [0.4, 0.5) is 15.0 Å². The highest BCUT2D eigenvalue weighted by Gasteiger charge is 2.25. The number of carbonyl (C=O) groups excluding carboxylic acids is 2. The van der Waals surface area contributed by atoms with Crippen LogP contribution in [0.3, 0.4) is 0 Å². The van der Waals surface area contributed by atoms with Gasteiger partial charge in [-0.1, -0.05) is 6.07 Å². The van der Waals surface area contributed by atoms with E-state index in [1.807, 2.05) is 13.8 Å². The van der Waals surface area contributed by atoms with Crippen LogP contribution in [0.2, 0.25) is 0 Å². The number of benzene rings is 1. The Kier molecular flexibility index (Phi) is 6.29. The molecule has 0 atom stereocenters. The van der Waals surface area contributed by atoms with Crippen LogP contribution in [0, 0.1) is 5.82 Å². The maximum atomic E-state index is 14.7. The summed E-state index contributed by atoms with van der Waals surface area (Å²) in [6.45, 7) is 6.57. The first-order chi connectivity index (χ1) is 15.9. The second-order valence-electron chi connectivity index (χ2n) is 7.87. The maximum absolute atomic E-state index is 14.7. The van der Waals surface area contributed by atoms with Gasteiger partial charge in [0.25, 0.3) is 5.91 Å². The van der Waals surface area contributed by atoms with Gasteiger partial charge in [0.1, 0.15) is 17.3 Å². The highest BCUT2D eigenvalue weighted by molar-refractivity contribution is 6.04. The molecule has 0 saturated heterocycles. The van der Waals surface area contributed by atoms with Crippen LogP contribution in [-0.4, -0.2) is 55.2 Å². The van der Waals surface area contributed by atoms with E-state index in [0.29, 0.717) is 30.0 Å². The van der Waals surface area contributed by atoms with Crippen LogP contribution in [0.25, 0.3) is 11.5 Å². The zero-order valence-electron chi connectivity index (χ0n) is 18.6. The Bertz CT molecular complexity index is 1190. The molecule has 11 heteroatoms. The number of nitrogens with zero attached hydrogens (tertiary/aromatic N) is 6. The Morgan fingerprint density at radius 1 is 1.24 bits per heavy atom. The summed E-state index contributed by atoms with van der Waals surface area (Å²) in [7, 11) is 0. The quantitative estimate of drug-likeness (QED) is 0.631. The molecule has 4 rings (SSSR count). The number of carbonyl (C=O) groups is 2. The fourth-order valence-corrected chi connectivity index (χ4v) is 3.65. The summed E-state index contributed by atoms with van der Waals surface area (Å²) >= 11 is 0. The van der Waals surface area contributed by atoms with Crippen LogP contribution in [0.1, 0.15) is 48.3 Å². The van der Waals surface area contributed by atoms with Crippen molar-refractivity contribution >= 4 is 17.8 Å². The van der Waals surface area contributed by atoms with Crippen molar-refractivity contribution in [1.29, 1.82) is 0 Å². The van der Waals surface area contributed by atoms with E-state index in [-0.39, 0.29) is 30.6 Å². The summed E-state index contributed by atoms with van der Waals surface area (Å²) < 4.78 is 21.4. The minimum Gasteiger partial charge on any atom is -0.450 e. The number of ether oxygens (including phenoxy) is 1. The first-order valence-electron chi connectivity index (χ1n) is 10.7. The summed E-state index contributed by atoms with van der Waals surface area (Å²) in [5.41, 5.74) is 1.82. The van der Waals surface area contributed by atoms with Gasteiger partial charge >= 0.3 is 6.09 Å². The van der Waals surface area contributed by atoms with Gasteiger partial charge in [0, 0.05) is 13.1 Å². The molecule has 33 heavy (non-hydrogen) atoms. The third-order valence-corrected chi connectivity index (χ3v) is 5.27. The molecule has 1 aliphatic heterocycles. The van der Waals surface area contributed by atoms with Crippen molar-refractivity contribution in [3.05, 3.63) is 52.8 Å². The SMILES string of the molecule is CCOC(=O)N1CCc2cc(F)c(C(=O)Nc3cccc(-c4nnnn4C(C)C)n3)cc2C1. The monoisotopic (exact) mass is 453 g/mol. The normalized spacial score (nSPS) is 13.1. The number of rotatable bonds is 5. The first kappa shape index (κ1) is 22.3. The average molecular weight is 453 g/mol. The molecule has 10 nitrogen and oxygen atoms in total. The number of fused-ring (bicyclic) bond motifs is 1. The Hall–Kier alpha value is -3.89. The van der Waals surface area contributed by atoms with Crippen molar-refractivity contribution in [2.45, 2.75) is 39.8 Å². The van der Waals surface area contributed by atoms with Gasteiger partial charge in [0.2, 0.25) is 5.82 Å². The van der Waals surface area contributed by atoms with E-state index in [1.54, 1.807) is 29.8 Å². The zero-order valence-corrected chi connectivity index (χ0v) is 18.6. The molecule has 172 valence electrons. The lowest BCUT2D eigenvalue weighted by Crippen LogP contribution is -2.36. The summed E-state index contributed by atoms with van der Waals surface area (Å²) in [6.07, 6.45) is 0.0597. The second-order valence-corrected chi connectivity index (χ2v) is 7.87. The van der Waals surface area contributed by atoms with E-state index in [4.69, 9.17) is 4.74 Å². The van der Waals surface area contributed by atoms with Gasteiger partial charge in [-0.05, 0) is 73.0 Å². The molecule has 0 spiro atoms. The maximum Gasteiger partial charge on any atom is 0.410 e. The second kappa shape index (κ2) is 9.31. The van der Waals surface area contributed by atoms with Crippen molar-refractivity contribution in [2.24, 2.45) is 0 Å². The number of hydrogen-bond acceptors (Lipinski definition) is 7. The van der Waals surface area contributed by atoms with Gasteiger partial charge in [0.05, 0.1) is 18.2 Å². The fourth-order valence-electron chi connectivity index (χ4n) is 3.65. The molecule has 1 N–H and O–H groups in total. The topological polar surface area (TPSA) is 115 Å². The van der Waals surface area contributed by atoms with Crippen LogP contribution < -0.4 is 5.32 Å². The minimum atomic E-state index is -0.642. The van der Waals surface area contributed by atoms with E-state index in [0.717, 1.165) is 5.56 Å². The molecular weight excluding hydrogens is 429 g/mol. The molecule has 0 aliphatic carbocycles. The number of halogens is 1. The molecule has 0 saturated carbocycles. The lowest BCUT2D eigenvalue weighted by Gasteiger charge is -2.28. The van der Waals surface area contributed by atoms with Crippen LogP contribution in [-0.2, 0) is 17.7 Å². The van der Waals surface area contributed by atoms with Gasteiger partial charge < -0.3 is 15.0 Å². The molecule has 3 heterocycles. The average Bonchev–Trinajstić information content (AvgIpc) is 3.29. The molecule has 2 aromatic heterocycles. The number of aromatic nitrogens is 5. The third-order valence-electron chi connectivity index (χ3n) is 5.27. The lowest BCUT2D eigenvalue weighted by molar-refractivity contribution is 0.102. The number of nitrogens with one attached hydrogen (secondary N) is 1. The van der Waals surface area contributed by atoms with E-state index in [2.05, 4.69) is 25.8 Å². The summed E-state index contributed by atoms with van der Waals surface area (Å²) in [5, 5.41) is 14.3. The molecule has 2 amide bonds. The molecule has 3 aromatic rings. The zero-order chi connectivity index (χ0) is 23.5. The molecule has 0 radical (unpaired) electrons. The van der Waals surface area contributed by atoms with Gasteiger partial charge in [-0.25, -0.2) is 18.9 Å². The van der Waals surface area contributed by atoms with Crippen molar-refractivity contribution < 1.29 is 18.7 Å². The number of tetrazole rings is 1. The van der Waals surface area contributed by atoms with E-state index >= 15 is 0 Å². The predicted molar refractivity (Wildman–Crippen MR) is 117 cm³/mol. The summed E-state index contributed by atoms with van der Waals surface area (Å²) in [5.74, 6) is -0.575.